The summed E-state index contributed by atoms with van der Waals surface area (Å²) in [5, 5.41) is 8.89. The predicted octanol–water partition coefficient (Wildman–Crippen LogP) is 3.32. The number of nitrogens with zero attached hydrogens (tertiary/aromatic N) is 3. The maximum atomic E-state index is 5.85. The first kappa shape index (κ1) is 14.4. The Morgan fingerprint density at radius 2 is 2.05 bits per heavy atom. The van der Waals surface area contributed by atoms with Crippen LogP contribution < -0.4 is 4.74 Å². The number of hydrogen-bond donors (Lipinski definition) is 0. The fourth-order valence-electron chi connectivity index (χ4n) is 1.50. The van der Waals surface area contributed by atoms with Crippen molar-refractivity contribution in [3.63, 3.8) is 0 Å². The highest BCUT2D eigenvalue weighted by Gasteiger charge is 2.03. The van der Waals surface area contributed by atoms with Crippen LogP contribution in [0.1, 0.15) is 13.8 Å². The van der Waals surface area contributed by atoms with Gasteiger partial charge >= 0.3 is 0 Å². The van der Waals surface area contributed by atoms with E-state index >= 15 is 0 Å². The van der Waals surface area contributed by atoms with E-state index in [0.717, 1.165) is 11.4 Å². The number of ether oxygens (including phenoxy) is 1. The quantitative estimate of drug-likeness (QED) is 0.606. The number of benzene rings is 1. The minimum Gasteiger partial charge on any atom is -0.470 e. The van der Waals surface area contributed by atoms with Crippen LogP contribution in [-0.2, 0) is 4.84 Å². The molecule has 1 aromatic carbocycles. The van der Waals surface area contributed by atoms with Crippen LogP contribution in [0.15, 0.2) is 41.7 Å². The number of oxime groups is 1. The van der Waals surface area contributed by atoms with Crippen molar-refractivity contribution < 1.29 is 9.57 Å². The topological polar surface area (TPSA) is 48.6 Å². The largest absolute Gasteiger partial charge is 0.470 e. The molecule has 0 saturated carbocycles. The summed E-state index contributed by atoms with van der Waals surface area (Å²) in [6.07, 6.45) is 1.83. The third-order valence-corrected chi connectivity index (χ3v) is 2.69. The molecule has 0 aliphatic heterocycles. The molecule has 106 valence electrons. The molecule has 0 amide bonds. The fourth-order valence-corrected chi connectivity index (χ4v) is 1.63. The zero-order valence-electron chi connectivity index (χ0n) is 11.4. The average Bonchev–Trinajstić information content (AvgIpc) is 2.92. The van der Waals surface area contributed by atoms with E-state index in [9.17, 15) is 0 Å². The minimum absolute atomic E-state index is 0.345. The minimum atomic E-state index is 0.345. The zero-order chi connectivity index (χ0) is 14.4. The Morgan fingerprint density at radius 1 is 1.30 bits per heavy atom. The summed E-state index contributed by atoms with van der Waals surface area (Å²) in [7, 11) is 0. The van der Waals surface area contributed by atoms with Crippen molar-refractivity contribution in [1.82, 2.24) is 9.78 Å². The van der Waals surface area contributed by atoms with Crippen LogP contribution in [0.3, 0.4) is 0 Å². The highest BCUT2D eigenvalue weighted by atomic mass is 35.5. The molecule has 20 heavy (non-hydrogen) atoms. The summed E-state index contributed by atoms with van der Waals surface area (Å²) < 4.78 is 7.24. The van der Waals surface area contributed by atoms with Crippen LogP contribution in [0.2, 0.25) is 5.02 Å². The van der Waals surface area contributed by atoms with Crippen LogP contribution >= 0.6 is 11.6 Å². The standard InChI is InChI=1S/C14H16ClN3O2/c1-3-20-17-11(2)10-19-14-8-9-18(16-14)13-6-4-12(15)5-7-13/h4-9H,3,10H2,1-2H3. The molecule has 1 heterocycles. The zero-order valence-corrected chi connectivity index (χ0v) is 12.2. The predicted molar refractivity (Wildman–Crippen MR) is 78.8 cm³/mol. The van der Waals surface area contributed by atoms with Gasteiger partial charge in [0.1, 0.15) is 13.2 Å². The van der Waals surface area contributed by atoms with E-state index < -0.39 is 0 Å². The van der Waals surface area contributed by atoms with Gasteiger partial charge < -0.3 is 9.57 Å². The number of aromatic nitrogens is 2. The van der Waals surface area contributed by atoms with Gasteiger partial charge in [-0.1, -0.05) is 16.8 Å². The molecular weight excluding hydrogens is 278 g/mol. The van der Waals surface area contributed by atoms with Crippen LogP contribution in [0.5, 0.6) is 5.88 Å². The molecule has 0 saturated heterocycles. The van der Waals surface area contributed by atoms with Crippen molar-refractivity contribution >= 4 is 17.3 Å². The van der Waals surface area contributed by atoms with Gasteiger partial charge in [-0.05, 0) is 38.1 Å². The van der Waals surface area contributed by atoms with Gasteiger partial charge in [0.15, 0.2) is 0 Å². The summed E-state index contributed by atoms with van der Waals surface area (Å²) >= 11 is 5.85. The number of hydrogen-bond acceptors (Lipinski definition) is 4. The molecule has 0 radical (unpaired) electrons. The maximum absolute atomic E-state index is 5.85. The lowest BCUT2D eigenvalue weighted by molar-refractivity contribution is 0.156. The van der Waals surface area contributed by atoms with Crippen molar-refractivity contribution in [3.8, 4) is 11.6 Å². The first-order valence-corrected chi connectivity index (χ1v) is 6.66. The molecule has 0 spiro atoms. The Labute approximate surface area is 122 Å². The van der Waals surface area contributed by atoms with Gasteiger partial charge in [-0.25, -0.2) is 4.68 Å². The van der Waals surface area contributed by atoms with E-state index in [4.69, 9.17) is 21.2 Å². The van der Waals surface area contributed by atoms with E-state index in [0.29, 0.717) is 24.1 Å². The molecule has 6 heteroatoms. The molecule has 0 N–H and O–H groups in total. The lowest BCUT2D eigenvalue weighted by Gasteiger charge is -2.03. The summed E-state index contributed by atoms with van der Waals surface area (Å²) in [6.45, 7) is 4.61. The van der Waals surface area contributed by atoms with Crippen molar-refractivity contribution in [2.75, 3.05) is 13.2 Å². The molecule has 2 aromatic rings. The lowest BCUT2D eigenvalue weighted by atomic mass is 10.3. The van der Waals surface area contributed by atoms with E-state index in [-0.39, 0.29) is 0 Å². The van der Waals surface area contributed by atoms with Gasteiger partial charge in [0.05, 0.1) is 11.4 Å². The SMILES string of the molecule is CCON=C(C)COc1ccn(-c2ccc(Cl)cc2)n1. The Bertz CT molecular complexity index is 578. The molecule has 1 aromatic heterocycles. The summed E-state index contributed by atoms with van der Waals surface area (Å²) in [5.41, 5.74) is 1.68. The van der Waals surface area contributed by atoms with Gasteiger partial charge in [-0.3, -0.25) is 0 Å². The van der Waals surface area contributed by atoms with E-state index in [2.05, 4.69) is 10.3 Å². The van der Waals surface area contributed by atoms with Crippen molar-refractivity contribution in [2.45, 2.75) is 13.8 Å². The Balaban J connectivity index is 1.97. The van der Waals surface area contributed by atoms with E-state index in [1.54, 1.807) is 10.7 Å². The van der Waals surface area contributed by atoms with Gasteiger partial charge in [0.2, 0.25) is 5.88 Å². The first-order valence-electron chi connectivity index (χ1n) is 6.29. The molecule has 0 atom stereocenters. The highest BCUT2D eigenvalue weighted by Crippen LogP contribution is 2.15. The van der Waals surface area contributed by atoms with Crippen molar-refractivity contribution in [2.24, 2.45) is 5.16 Å². The molecule has 0 aliphatic carbocycles. The van der Waals surface area contributed by atoms with Crippen molar-refractivity contribution in [1.29, 1.82) is 0 Å². The second kappa shape index (κ2) is 6.96. The molecule has 5 nitrogen and oxygen atoms in total. The monoisotopic (exact) mass is 293 g/mol. The van der Waals surface area contributed by atoms with E-state index in [1.165, 1.54) is 0 Å². The van der Waals surface area contributed by atoms with Crippen LogP contribution in [0.4, 0.5) is 0 Å². The summed E-state index contributed by atoms with van der Waals surface area (Å²) in [6, 6.07) is 9.21. The third-order valence-electron chi connectivity index (χ3n) is 2.43. The van der Waals surface area contributed by atoms with Crippen molar-refractivity contribution in [3.05, 3.63) is 41.6 Å². The molecule has 2 rings (SSSR count). The molecule has 0 aliphatic rings. The Hall–Kier alpha value is -2.01. The smallest absolute Gasteiger partial charge is 0.233 e. The highest BCUT2D eigenvalue weighted by molar-refractivity contribution is 6.30. The van der Waals surface area contributed by atoms with Crippen LogP contribution in [0, 0.1) is 0 Å². The van der Waals surface area contributed by atoms with Gasteiger partial charge in [0, 0.05) is 17.3 Å². The molecule has 0 unspecified atom stereocenters. The molecule has 0 bridgehead atoms. The lowest BCUT2D eigenvalue weighted by Crippen LogP contribution is -2.09. The fraction of sp³-hybridized carbons (Fsp3) is 0.286. The second-order valence-corrected chi connectivity index (χ2v) is 4.54. The second-order valence-electron chi connectivity index (χ2n) is 4.11. The summed E-state index contributed by atoms with van der Waals surface area (Å²) in [4.78, 5) is 4.94. The third kappa shape index (κ3) is 3.99. The van der Waals surface area contributed by atoms with Crippen LogP contribution in [-0.4, -0.2) is 28.7 Å². The number of rotatable bonds is 6. The van der Waals surface area contributed by atoms with Gasteiger partial charge in [-0.15, -0.1) is 5.10 Å². The maximum Gasteiger partial charge on any atom is 0.233 e. The summed E-state index contributed by atoms with van der Waals surface area (Å²) in [5.74, 6) is 0.533. The number of halogens is 1. The van der Waals surface area contributed by atoms with Gasteiger partial charge in [-0.2, -0.15) is 0 Å². The first-order chi connectivity index (χ1) is 9.69. The Kier molecular flexibility index (Phi) is 5.01. The normalized spacial score (nSPS) is 11.4. The Morgan fingerprint density at radius 3 is 2.75 bits per heavy atom. The molecule has 0 fully saturated rings. The van der Waals surface area contributed by atoms with E-state index in [1.807, 2.05) is 44.3 Å². The van der Waals surface area contributed by atoms with Crippen LogP contribution in [0.25, 0.3) is 5.69 Å². The molecular formula is C14H16ClN3O2. The average molecular weight is 294 g/mol. The van der Waals surface area contributed by atoms with Gasteiger partial charge in [0.25, 0.3) is 0 Å².